The summed E-state index contributed by atoms with van der Waals surface area (Å²) in [5.74, 6) is -1.24. The average Bonchev–Trinajstić information content (AvgIpc) is 2.61. The Balaban J connectivity index is 2.20. The number of hydrogen-bond acceptors (Lipinski definition) is 6. The molecule has 106 valence electrons. The zero-order valence-corrected chi connectivity index (χ0v) is 11.5. The molecule has 20 heavy (non-hydrogen) atoms. The number of carbonyl (C=O) groups is 2. The summed E-state index contributed by atoms with van der Waals surface area (Å²) in [5.41, 5.74) is 0.0389. The van der Waals surface area contributed by atoms with Crippen molar-refractivity contribution in [3.63, 3.8) is 0 Å². The van der Waals surface area contributed by atoms with Crippen molar-refractivity contribution in [1.29, 1.82) is 0 Å². The lowest BCUT2D eigenvalue weighted by Gasteiger charge is -2.11. The van der Waals surface area contributed by atoms with Crippen molar-refractivity contribution in [1.82, 2.24) is 9.29 Å². The van der Waals surface area contributed by atoms with E-state index in [4.69, 9.17) is 0 Å². The molecule has 0 atom stereocenters. The highest BCUT2D eigenvalue weighted by Crippen LogP contribution is 2.27. The molecule has 7 nitrogen and oxygen atoms in total. The summed E-state index contributed by atoms with van der Waals surface area (Å²) in [4.78, 5) is 26.8. The van der Waals surface area contributed by atoms with E-state index in [1.165, 1.54) is 24.4 Å². The van der Waals surface area contributed by atoms with Crippen LogP contribution < -0.4 is 0 Å². The highest BCUT2D eigenvalue weighted by atomic mass is 32.2. The molecule has 8 heteroatoms. The van der Waals surface area contributed by atoms with Gasteiger partial charge in [0.15, 0.2) is 5.03 Å². The summed E-state index contributed by atoms with van der Waals surface area (Å²) in [6.07, 6.45) is 3.66. The highest BCUT2D eigenvalue weighted by molar-refractivity contribution is 7.90. The number of fused-ring (bicyclic) bond motifs is 1. The number of hydrogen-bond donors (Lipinski definition) is 0. The summed E-state index contributed by atoms with van der Waals surface area (Å²) >= 11 is 0. The van der Waals surface area contributed by atoms with E-state index in [1.807, 2.05) is 0 Å². The van der Waals surface area contributed by atoms with Crippen molar-refractivity contribution >= 4 is 21.9 Å². The summed E-state index contributed by atoms with van der Waals surface area (Å²) in [6, 6.07) is 2.89. The minimum absolute atomic E-state index is 0.0389. The Morgan fingerprint density at radius 1 is 1.50 bits per heavy atom. The van der Waals surface area contributed by atoms with Gasteiger partial charge in [0.1, 0.15) is 0 Å². The van der Waals surface area contributed by atoms with Crippen molar-refractivity contribution in [2.45, 2.75) is 11.9 Å². The average molecular weight is 296 g/mol. The Hall–Kier alpha value is -2.22. The Kier molecular flexibility index (Phi) is 3.84. The van der Waals surface area contributed by atoms with Crippen molar-refractivity contribution in [3.05, 3.63) is 36.0 Å². The number of esters is 1. The van der Waals surface area contributed by atoms with Crippen LogP contribution in [0.1, 0.15) is 17.3 Å². The molecule has 2 heterocycles. The molecule has 0 spiro atoms. The van der Waals surface area contributed by atoms with Crippen molar-refractivity contribution in [3.8, 4) is 0 Å². The van der Waals surface area contributed by atoms with Crippen molar-refractivity contribution in [2.24, 2.45) is 0 Å². The first-order valence-corrected chi connectivity index (χ1v) is 7.28. The summed E-state index contributed by atoms with van der Waals surface area (Å²) in [7, 11) is -3.94. The van der Waals surface area contributed by atoms with E-state index in [-0.39, 0.29) is 23.7 Å². The van der Waals surface area contributed by atoms with Gasteiger partial charge in [0, 0.05) is 12.3 Å². The fourth-order valence-electron chi connectivity index (χ4n) is 1.72. The number of sulfonamides is 1. The molecule has 0 aromatic carbocycles. The van der Waals surface area contributed by atoms with Gasteiger partial charge >= 0.3 is 5.97 Å². The van der Waals surface area contributed by atoms with Crippen LogP contribution in [0.4, 0.5) is 0 Å². The van der Waals surface area contributed by atoms with Gasteiger partial charge in [-0.05, 0) is 19.1 Å². The molecule has 0 saturated carbocycles. The molecule has 2 rings (SSSR count). The predicted molar refractivity (Wildman–Crippen MR) is 68.2 cm³/mol. The number of ether oxygens (including phenoxy) is 1. The molecule has 0 bridgehead atoms. The van der Waals surface area contributed by atoms with Crippen LogP contribution in [0.15, 0.2) is 35.5 Å². The van der Waals surface area contributed by atoms with Crippen LogP contribution >= 0.6 is 0 Å². The quantitative estimate of drug-likeness (QED) is 0.587. The fraction of sp³-hybridized carbons (Fsp3) is 0.250. The molecule has 0 aliphatic carbocycles. The first-order chi connectivity index (χ1) is 9.48. The van der Waals surface area contributed by atoms with Gasteiger partial charge in [-0.1, -0.05) is 6.08 Å². The van der Waals surface area contributed by atoms with Crippen LogP contribution in [0.3, 0.4) is 0 Å². The van der Waals surface area contributed by atoms with Crippen LogP contribution in [-0.4, -0.2) is 42.7 Å². The number of aromatic nitrogens is 1. The molecule has 1 aliphatic rings. The molecular formula is C12H12N2O5S. The van der Waals surface area contributed by atoms with Crippen LogP contribution in [0.2, 0.25) is 0 Å². The van der Waals surface area contributed by atoms with Gasteiger partial charge < -0.3 is 4.74 Å². The first kappa shape index (κ1) is 14.2. The van der Waals surface area contributed by atoms with Gasteiger partial charge in [0.05, 0.1) is 18.7 Å². The lowest BCUT2D eigenvalue weighted by molar-refractivity contribution is -0.137. The third kappa shape index (κ3) is 2.42. The van der Waals surface area contributed by atoms with Gasteiger partial charge in [-0.3, -0.25) is 4.79 Å². The number of amides is 1. The van der Waals surface area contributed by atoms with Gasteiger partial charge in [0.2, 0.25) is 0 Å². The van der Waals surface area contributed by atoms with Crippen molar-refractivity contribution in [2.75, 3.05) is 13.2 Å². The topological polar surface area (TPSA) is 93.6 Å². The molecule has 1 aromatic rings. The second-order valence-corrected chi connectivity index (χ2v) is 5.63. The van der Waals surface area contributed by atoms with E-state index >= 15 is 0 Å². The Bertz CT molecular complexity index is 681. The maximum absolute atomic E-state index is 12.1. The van der Waals surface area contributed by atoms with E-state index < -0.39 is 21.9 Å². The molecular weight excluding hydrogens is 284 g/mol. The smallest absolute Gasteiger partial charge is 0.330 e. The lowest BCUT2D eigenvalue weighted by Crippen LogP contribution is -2.30. The third-order valence-corrected chi connectivity index (χ3v) is 4.28. The zero-order chi connectivity index (χ0) is 14.8. The van der Waals surface area contributed by atoms with Crippen LogP contribution in [0.5, 0.6) is 0 Å². The van der Waals surface area contributed by atoms with Crippen LogP contribution in [0, 0.1) is 0 Å². The third-order valence-electron chi connectivity index (χ3n) is 2.57. The van der Waals surface area contributed by atoms with E-state index in [0.29, 0.717) is 4.31 Å². The van der Waals surface area contributed by atoms with Crippen LogP contribution in [0.25, 0.3) is 0 Å². The van der Waals surface area contributed by atoms with E-state index in [9.17, 15) is 18.0 Å². The summed E-state index contributed by atoms with van der Waals surface area (Å²) in [6.45, 7) is 1.64. The van der Waals surface area contributed by atoms with E-state index in [2.05, 4.69) is 9.72 Å². The van der Waals surface area contributed by atoms with Gasteiger partial charge in [-0.15, -0.1) is 0 Å². The molecule has 1 amide bonds. The monoisotopic (exact) mass is 296 g/mol. The van der Waals surface area contributed by atoms with Crippen molar-refractivity contribution < 1.29 is 22.7 Å². The molecule has 0 radical (unpaired) electrons. The Labute approximate surface area is 115 Å². The fourth-order valence-corrected chi connectivity index (χ4v) is 3.16. The second-order valence-electron chi connectivity index (χ2n) is 3.85. The number of pyridine rings is 1. The minimum atomic E-state index is -3.94. The largest absolute Gasteiger partial charge is 0.463 e. The van der Waals surface area contributed by atoms with Gasteiger partial charge in [0.25, 0.3) is 15.9 Å². The van der Waals surface area contributed by atoms with Gasteiger partial charge in [-0.2, -0.15) is 8.42 Å². The standard InChI is InChI=1S/C12H12N2O5S/c1-2-19-10(15)6-4-8-14-12(16)9-5-3-7-13-11(9)20(14,17)18/h3-7H,2,8H2,1H3/b6-4+. The second kappa shape index (κ2) is 5.41. The Morgan fingerprint density at radius 2 is 2.25 bits per heavy atom. The van der Waals surface area contributed by atoms with Gasteiger partial charge in [-0.25, -0.2) is 14.1 Å². The maximum atomic E-state index is 12.1. The maximum Gasteiger partial charge on any atom is 0.330 e. The molecule has 0 N–H and O–H groups in total. The summed E-state index contributed by atoms with van der Waals surface area (Å²) in [5, 5.41) is -0.255. The molecule has 1 aromatic heterocycles. The Morgan fingerprint density at radius 3 is 2.90 bits per heavy atom. The highest BCUT2D eigenvalue weighted by Gasteiger charge is 2.41. The molecule has 0 unspecified atom stereocenters. The van der Waals surface area contributed by atoms with Crippen LogP contribution in [-0.2, 0) is 19.6 Å². The zero-order valence-electron chi connectivity index (χ0n) is 10.6. The van der Waals surface area contributed by atoms with E-state index in [0.717, 1.165) is 6.08 Å². The SMILES string of the molecule is CCOC(=O)/C=C/CN1C(=O)c2cccnc2S1(=O)=O. The lowest BCUT2D eigenvalue weighted by atomic mass is 10.3. The minimum Gasteiger partial charge on any atom is -0.463 e. The number of rotatable bonds is 4. The number of nitrogens with zero attached hydrogens (tertiary/aromatic N) is 2. The number of carbonyl (C=O) groups excluding carboxylic acids is 2. The summed E-state index contributed by atoms with van der Waals surface area (Å²) < 4.78 is 29.5. The predicted octanol–water partition coefficient (Wildman–Crippen LogP) is 0.345. The molecule has 1 aliphatic heterocycles. The first-order valence-electron chi connectivity index (χ1n) is 5.84. The molecule has 0 fully saturated rings. The normalized spacial score (nSPS) is 16.4. The molecule has 0 saturated heterocycles. The van der Waals surface area contributed by atoms with E-state index in [1.54, 1.807) is 6.92 Å².